The van der Waals surface area contributed by atoms with E-state index in [0.29, 0.717) is 29.9 Å². The molecular weight excluding hydrogens is 356 g/mol. The molecule has 28 heavy (non-hydrogen) atoms. The van der Waals surface area contributed by atoms with Crippen LogP contribution in [0.25, 0.3) is 0 Å². The Kier molecular flexibility index (Phi) is 4.97. The number of urea groups is 1. The first kappa shape index (κ1) is 18.0. The minimum absolute atomic E-state index is 0.0388. The predicted molar refractivity (Wildman–Crippen MR) is 107 cm³/mol. The molecule has 0 aliphatic carbocycles. The lowest BCUT2D eigenvalue weighted by Crippen LogP contribution is -2.27. The van der Waals surface area contributed by atoms with Crippen molar-refractivity contribution in [1.82, 2.24) is 10.2 Å². The molecule has 0 saturated carbocycles. The van der Waals surface area contributed by atoms with Gasteiger partial charge in [-0.05, 0) is 61.4 Å². The Morgan fingerprint density at radius 3 is 2.11 bits per heavy atom. The molecular formula is C21H22N4O3. The van der Waals surface area contributed by atoms with E-state index in [1.54, 1.807) is 53.4 Å². The van der Waals surface area contributed by atoms with Crippen molar-refractivity contribution in [3.05, 3.63) is 59.7 Å². The average molecular weight is 378 g/mol. The maximum atomic E-state index is 12.5. The normalized spacial score (nSPS) is 16.2. The predicted octanol–water partition coefficient (Wildman–Crippen LogP) is 2.70. The number of likely N-dealkylation sites (tertiary alicyclic amines) is 1. The SMILES string of the molecule is O=C(Nc1ccc(C(=O)N2CCCC2)cc1)c1ccc(N2CCNC2=O)cc1. The molecule has 0 bridgehead atoms. The van der Waals surface area contributed by atoms with Crippen LogP contribution in [0.3, 0.4) is 0 Å². The summed E-state index contributed by atoms with van der Waals surface area (Å²) in [6, 6.07) is 13.8. The van der Waals surface area contributed by atoms with Gasteiger partial charge in [0.1, 0.15) is 0 Å². The third-order valence-electron chi connectivity index (χ3n) is 5.08. The van der Waals surface area contributed by atoms with Crippen molar-refractivity contribution in [3.63, 3.8) is 0 Å². The Bertz CT molecular complexity index is 887. The van der Waals surface area contributed by atoms with Crippen LogP contribution in [-0.2, 0) is 0 Å². The fourth-order valence-electron chi connectivity index (χ4n) is 3.51. The zero-order valence-electron chi connectivity index (χ0n) is 15.5. The highest BCUT2D eigenvalue weighted by Crippen LogP contribution is 2.19. The van der Waals surface area contributed by atoms with Crippen LogP contribution in [0, 0.1) is 0 Å². The van der Waals surface area contributed by atoms with Crippen LogP contribution in [0.4, 0.5) is 16.2 Å². The van der Waals surface area contributed by atoms with E-state index in [-0.39, 0.29) is 17.8 Å². The van der Waals surface area contributed by atoms with Crippen molar-refractivity contribution in [2.24, 2.45) is 0 Å². The highest BCUT2D eigenvalue weighted by atomic mass is 16.2. The number of amides is 4. The molecule has 2 aliphatic heterocycles. The number of hydrogen-bond acceptors (Lipinski definition) is 3. The average Bonchev–Trinajstić information content (AvgIpc) is 3.40. The molecule has 2 aromatic rings. The van der Waals surface area contributed by atoms with E-state index in [1.165, 1.54) is 0 Å². The summed E-state index contributed by atoms with van der Waals surface area (Å²) in [5, 5.41) is 5.58. The molecule has 2 aromatic carbocycles. The fourth-order valence-corrected chi connectivity index (χ4v) is 3.51. The molecule has 7 nitrogen and oxygen atoms in total. The van der Waals surface area contributed by atoms with Gasteiger partial charge in [-0.25, -0.2) is 4.79 Å². The van der Waals surface area contributed by atoms with E-state index in [0.717, 1.165) is 31.6 Å². The molecule has 0 spiro atoms. The number of nitrogens with one attached hydrogen (secondary N) is 2. The van der Waals surface area contributed by atoms with Gasteiger partial charge < -0.3 is 15.5 Å². The molecule has 0 unspecified atom stereocenters. The van der Waals surface area contributed by atoms with Crippen LogP contribution in [0.1, 0.15) is 33.6 Å². The van der Waals surface area contributed by atoms with Crippen molar-refractivity contribution in [3.8, 4) is 0 Å². The lowest BCUT2D eigenvalue weighted by Gasteiger charge is -2.15. The van der Waals surface area contributed by atoms with Crippen LogP contribution < -0.4 is 15.5 Å². The van der Waals surface area contributed by atoms with Crippen LogP contribution >= 0.6 is 0 Å². The highest BCUT2D eigenvalue weighted by molar-refractivity contribution is 6.05. The van der Waals surface area contributed by atoms with Gasteiger partial charge in [0.2, 0.25) is 0 Å². The topological polar surface area (TPSA) is 81.8 Å². The first-order valence-corrected chi connectivity index (χ1v) is 9.48. The summed E-state index contributed by atoms with van der Waals surface area (Å²) in [5.74, 6) is -0.201. The van der Waals surface area contributed by atoms with Gasteiger partial charge >= 0.3 is 6.03 Å². The molecule has 144 valence electrons. The van der Waals surface area contributed by atoms with Crippen molar-refractivity contribution in [1.29, 1.82) is 0 Å². The standard InChI is InChI=1S/C21H22N4O3/c26-19(15-5-9-18(10-6-15)25-14-11-22-21(25)28)23-17-7-3-16(4-8-17)20(27)24-12-1-2-13-24/h3-10H,1-2,11-14H2,(H,22,28)(H,23,26). The number of rotatable bonds is 4. The second-order valence-electron chi connectivity index (χ2n) is 6.96. The molecule has 0 radical (unpaired) electrons. The molecule has 2 heterocycles. The quantitative estimate of drug-likeness (QED) is 0.858. The second-order valence-corrected chi connectivity index (χ2v) is 6.96. The van der Waals surface area contributed by atoms with Gasteiger partial charge in [-0.2, -0.15) is 0 Å². The van der Waals surface area contributed by atoms with Gasteiger partial charge in [-0.1, -0.05) is 0 Å². The zero-order valence-corrected chi connectivity index (χ0v) is 15.5. The Labute approximate surface area is 163 Å². The molecule has 2 aliphatic rings. The number of anilines is 2. The molecule has 2 fully saturated rings. The van der Waals surface area contributed by atoms with Crippen LogP contribution in [-0.4, -0.2) is 48.9 Å². The summed E-state index contributed by atoms with van der Waals surface area (Å²) in [7, 11) is 0. The van der Waals surface area contributed by atoms with E-state index >= 15 is 0 Å². The summed E-state index contributed by atoms with van der Waals surface area (Å²) in [4.78, 5) is 40.0. The van der Waals surface area contributed by atoms with Gasteiger partial charge in [0.05, 0.1) is 0 Å². The number of benzene rings is 2. The molecule has 2 N–H and O–H groups in total. The molecule has 4 rings (SSSR count). The van der Waals surface area contributed by atoms with Gasteiger partial charge in [0.15, 0.2) is 0 Å². The first-order chi connectivity index (χ1) is 13.6. The Morgan fingerprint density at radius 2 is 1.50 bits per heavy atom. The largest absolute Gasteiger partial charge is 0.339 e. The minimum atomic E-state index is -0.240. The van der Waals surface area contributed by atoms with Crippen molar-refractivity contribution < 1.29 is 14.4 Å². The van der Waals surface area contributed by atoms with Crippen LogP contribution in [0.5, 0.6) is 0 Å². The number of carbonyl (C=O) groups excluding carboxylic acids is 3. The zero-order chi connectivity index (χ0) is 19.5. The van der Waals surface area contributed by atoms with Crippen molar-refractivity contribution >= 4 is 29.2 Å². The maximum absolute atomic E-state index is 12.5. The van der Waals surface area contributed by atoms with Crippen molar-refractivity contribution in [2.45, 2.75) is 12.8 Å². The minimum Gasteiger partial charge on any atom is -0.339 e. The van der Waals surface area contributed by atoms with E-state index in [9.17, 15) is 14.4 Å². The maximum Gasteiger partial charge on any atom is 0.321 e. The number of hydrogen-bond donors (Lipinski definition) is 2. The third kappa shape index (κ3) is 3.69. The molecule has 0 aromatic heterocycles. The number of nitrogens with zero attached hydrogens (tertiary/aromatic N) is 2. The van der Waals surface area contributed by atoms with E-state index in [2.05, 4.69) is 10.6 Å². The smallest absolute Gasteiger partial charge is 0.321 e. The summed E-state index contributed by atoms with van der Waals surface area (Å²) in [6.45, 7) is 2.86. The van der Waals surface area contributed by atoms with Gasteiger partial charge in [0, 0.05) is 48.7 Å². The molecule has 4 amide bonds. The third-order valence-corrected chi connectivity index (χ3v) is 5.08. The van der Waals surface area contributed by atoms with E-state index in [1.807, 2.05) is 4.90 Å². The molecule has 7 heteroatoms. The van der Waals surface area contributed by atoms with Gasteiger partial charge in [-0.3, -0.25) is 14.5 Å². The van der Waals surface area contributed by atoms with Crippen molar-refractivity contribution in [2.75, 3.05) is 36.4 Å². The second kappa shape index (κ2) is 7.72. The Morgan fingerprint density at radius 1 is 0.857 bits per heavy atom. The lowest BCUT2D eigenvalue weighted by atomic mass is 10.1. The Hall–Kier alpha value is -3.35. The summed E-state index contributed by atoms with van der Waals surface area (Å²) in [6.07, 6.45) is 2.11. The van der Waals surface area contributed by atoms with Crippen LogP contribution in [0.15, 0.2) is 48.5 Å². The summed E-state index contributed by atoms with van der Waals surface area (Å²) < 4.78 is 0. The summed E-state index contributed by atoms with van der Waals surface area (Å²) >= 11 is 0. The summed E-state index contributed by atoms with van der Waals surface area (Å²) in [5.41, 5.74) is 2.52. The van der Waals surface area contributed by atoms with Gasteiger partial charge in [0.25, 0.3) is 11.8 Å². The highest BCUT2D eigenvalue weighted by Gasteiger charge is 2.21. The fraction of sp³-hybridized carbons (Fsp3) is 0.286. The van der Waals surface area contributed by atoms with E-state index < -0.39 is 0 Å². The Balaban J connectivity index is 1.39. The molecule has 0 atom stereocenters. The van der Waals surface area contributed by atoms with Crippen LogP contribution in [0.2, 0.25) is 0 Å². The molecule has 2 saturated heterocycles. The number of carbonyl (C=O) groups is 3. The first-order valence-electron chi connectivity index (χ1n) is 9.48. The lowest BCUT2D eigenvalue weighted by molar-refractivity contribution is 0.0792. The monoisotopic (exact) mass is 378 g/mol. The van der Waals surface area contributed by atoms with E-state index in [4.69, 9.17) is 0 Å². The van der Waals surface area contributed by atoms with Gasteiger partial charge in [-0.15, -0.1) is 0 Å².